The fraction of sp³-hybridized carbons (Fsp3) is 0.263. The van der Waals surface area contributed by atoms with Crippen LogP contribution in [0.3, 0.4) is 0 Å². The Kier molecular flexibility index (Phi) is 4.38. The van der Waals surface area contributed by atoms with Crippen molar-refractivity contribution in [3.05, 3.63) is 53.4 Å². The number of carbonyl (C=O) groups excluding carboxylic acids is 1. The van der Waals surface area contributed by atoms with Crippen molar-refractivity contribution in [3.8, 4) is 10.7 Å². The number of nitrogens with zero attached hydrogens (tertiary/aromatic N) is 5. The average Bonchev–Trinajstić information content (AvgIpc) is 3.48. The lowest BCUT2D eigenvalue weighted by Crippen LogP contribution is -2.48. The number of nitrogens with one attached hydrogen (secondary N) is 1. The third-order valence-corrected chi connectivity index (χ3v) is 5.80. The van der Waals surface area contributed by atoms with Crippen molar-refractivity contribution in [2.45, 2.75) is 6.54 Å². The molecule has 28 heavy (non-hydrogen) atoms. The number of hydrogen-bond donors (Lipinski definition) is 1. The number of benzene rings is 1. The molecule has 1 fully saturated rings. The minimum Gasteiger partial charge on any atom is -0.338 e. The minimum absolute atomic E-state index is 0.0345. The molecule has 3 aromatic heterocycles. The van der Waals surface area contributed by atoms with Crippen molar-refractivity contribution in [1.82, 2.24) is 30.1 Å². The summed E-state index contributed by atoms with van der Waals surface area (Å²) in [5, 5.41) is 14.0. The van der Waals surface area contributed by atoms with Gasteiger partial charge in [-0.05, 0) is 17.5 Å². The summed E-state index contributed by atoms with van der Waals surface area (Å²) >= 11 is 1.59. The number of piperazine rings is 1. The maximum atomic E-state index is 12.9. The van der Waals surface area contributed by atoms with Crippen LogP contribution in [-0.4, -0.2) is 62.2 Å². The van der Waals surface area contributed by atoms with Crippen LogP contribution in [0.25, 0.3) is 21.6 Å². The Morgan fingerprint density at radius 2 is 2.07 bits per heavy atom. The van der Waals surface area contributed by atoms with Crippen LogP contribution in [0.4, 0.5) is 0 Å². The SMILES string of the molecule is O=C(c1cccc2cn[nH]c12)N1CCN(Cc2nc(-c3cccs3)no2)CC1. The van der Waals surface area contributed by atoms with Gasteiger partial charge < -0.3 is 9.42 Å². The number of thiophene rings is 1. The molecule has 142 valence electrons. The number of hydrogen-bond acceptors (Lipinski definition) is 7. The van der Waals surface area contributed by atoms with Crippen LogP contribution >= 0.6 is 11.3 Å². The molecule has 4 heterocycles. The number of amides is 1. The minimum atomic E-state index is 0.0345. The van der Waals surface area contributed by atoms with Gasteiger partial charge >= 0.3 is 0 Å². The molecule has 1 amide bonds. The second-order valence-electron chi connectivity index (χ2n) is 6.70. The Balaban J connectivity index is 1.22. The van der Waals surface area contributed by atoms with E-state index in [1.54, 1.807) is 17.5 Å². The van der Waals surface area contributed by atoms with Crippen LogP contribution in [-0.2, 0) is 6.54 Å². The molecule has 0 aliphatic carbocycles. The van der Waals surface area contributed by atoms with E-state index < -0.39 is 0 Å². The molecular formula is C19H18N6O2S. The number of fused-ring (bicyclic) bond motifs is 1. The van der Waals surface area contributed by atoms with Crippen molar-refractivity contribution in [2.75, 3.05) is 26.2 Å². The van der Waals surface area contributed by atoms with E-state index in [1.165, 1.54) is 0 Å². The molecule has 9 heteroatoms. The molecule has 0 atom stereocenters. The van der Waals surface area contributed by atoms with E-state index in [4.69, 9.17) is 4.52 Å². The lowest BCUT2D eigenvalue weighted by molar-refractivity contribution is 0.0617. The van der Waals surface area contributed by atoms with Gasteiger partial charge in [-0.25, -0.2) is 0 Å². The maximum absolute atomic E-state index is 12.9. The van der Waals surface area contributed by atoms with Gasteiger partial charge in [-0.3, -0.25) is 14.8 Å². The number of H-pyrrole nitrogens is 1. The number of rotatable bonds is 4. The van der Waals surface area contributed by atoms with Crippen molar-refractivity contribution >= 4 is 28.1 Å². The Morgan fingerprint density at radius 1 is 1.18 bits per heavy atom. The van der Waals surface area contributed by atoms with E-state index >= 15 is 0 Å². The summed E-state index contributed by atoms with van der Waals surface area (Å²) in [7, 11) is 0. The van der Waals surface area contributed by atoms with E-state index in [-0.39, 0.29) is 5.91 Å². The van der Waals surface area contributed by atoms with Crippen molar-refractivity contribution in [3.63, 3.8) is 0 Å². The first-order valence-corrected chi connectivity index (χ1v) is 9.96. The summed E-state index contributed by atoms with van der Waals surface area (Å²) < 4.78 is 5.39. The lowest BCUT2D eigenvalue weighted by Gasteiger charge is -2.34. The van der Waals surface area contributed by atoms with Crippen molar-refractivity contribution in [2.24, 2.45) is 0 Å². The molecule has 4 aromatic rings. The molecule has 1 aromatic carbocycles. The predicted molar refractivity (Wildman–Crippen MR) is 105 cm³/mol. The third kappa shape index (κ3) is 3.19. The third-order valence-electron chi connectivity index (χ3n) is 4.94. The molecule has 0 unspecified atom stereocenters. The van der Waals surface area contributed by atoms with Gasteiger partial charge in [-0.15, -0.1) is 11.3 Å². The molecule has 0 bridgehead atoms. The molecule has 8 nitrogen and oxygen atoms in total. The predicted octanol–water partition coefficient (Wildman–Crippen LogP) is 2.63. The fourth-order valence-corrected chi connectivity index (χ4v) is 4.09. The fourth-order valence-electron chi connectivity index (χ4n) is 3.44. The molecule has 5 rings (SSSR count). The standard InChI is InChI=1S/C19H18N6O2S/c26-19(14-4-1-3-13-11-20-22-17(13)14)25-8-6-24(7-9-25)12-16-21-18(23-27-16)15-5-2-10-28-15/h1-5,10-11H,6-9,12H2,(H,20,22). The average molecular weight is 394 g/mol. The van der Waals surface area contributed by atoms with Gasteiger partial charge in [0.15, 0.2) is 0 Å². The van der Waals surface area contributed by atoms with Gasteiger partial charge in [-0.2, -0.15) is 10.1 Å². The highest BCUT2D eigenvalue weighted by Gasteiger charge is 2.25. The van der Waals surface area contributed by atoms with E-state index in [2.05, 4.69) is 25.2 Å². The summed E-state index contributed by atoms with van der Waals surface area (Å²) in [6, 6.07) is 9.63. The molecule has 0 radical (unpaired) electrons. The summed E-state index contributed by atoms with van der Waals surface area (Å²) in [5.74, 6) is 1.27. The van der Waals surface area contributed by atoms with E-state index in [0.717, 1.165) is 28.9 Å². The summed E-state index contributed by atoms with van der Waals surface area (Å²) in [6.45, 7) is 3.45. The first kappa shape index (κ1) is 17.1. The van der Waals surface area contributed by atoms with Gasteiger partial charge in [-0.1, -0.05) is 23.4 Å². The second-order valence-corrected chi connectivity index (χ2v) is 7.64. The first-order valence-electron chi connectivity index (χ1n) is 9.08. The van der Waals surface area contributed by atoms with Crippen LogP contribution in [0.2, 0.25) is 0 Å². The number of aromatic nitrogens is 4. The number of para-hydroxylation sites is 1. The monoisotopic (exact) mass is 394 g/mol. The summed E-state index contributed by atoms with van der Waals surface area (Å²) in [4.78, 5) is 22.5. The second kappa shape index (κ2) is 7.17. The van der Waals surface area contributed by atoms with Gasteiger partial charge in [0, 0.05) is 31.6 Å². The van der Waals surface area contributed by atoms with E-state index in [0.29, 0.717) is 36.9 Å². The highest BCUT2D eigenvalue weighted by molar-refractivity contribution is 7.13. The maximum Gasteiger partial charge on any atom is 0.256 e. The summed E-state index contributed by atoms with van der Waals surface area (Å²) in [6.07, 6.45) is 1.74. The largest absolute Gasteiger partial charge is 0.338 e. The molecule has 0 saturated carbocycles. The van der Waals surface area contributed by atoms with Crippen LogP contribution in [0, 0.1) is 0 Å². The van der Waals surface area contributed by atoms with Crippen LogP contribution in [0.5, 0.6) is 0 Å². The Morgan fingerprint density at radius 3 is 2.89 bits per heavy atom. The van der Waals surface area contributed by atoms with Crippen LogP contribution in [0.15, 0.2) is 46.4 Å². The van der Waals surface area contributed by atoms with E-state index in [1.807, 2.05) is 40.6 Å². The molecule has 1 aliphatic rings. The first-order chi connectivity index (χ1) is 13.8. The molecule has 1 saturated heterocycles. The zero-order valence-electron chi connectivity index (χ0n) is 15.0. The Labute approximate surface area is 164 Å². The number of carbonyl (C=O) groups is 1. The van der Waals surface area contributed by atoms with Gasteiger partial charge in [0.2, 0.25) is 11.7 Å². The molecular weight excluding hydrogens is 376 g/mol. The van der Waals surface area contributed by atoms with Crippen molar-refractivity contribution < 1.29 is 9.32 Å². The number of aromatic amines is 1. The Bertz CT molecular complexity index is 1090. The van der Waals surface area contributed by atoms with Gasteiger partial charge in [0.25, 0.3) is 5.91 Å². The summed E-state index contributed by atoms with van der Waals surface area (Å²) in [5.41, 5.74) is 1.46. The van der Waals surface area contributed by atoms with E-state index in [9.17, 15) is 4.79 Å². The van der Waals surface area contributed by atoms with Gasteiger partial charge in [0.1, 0.15) is 0 Å². The highest BCUT2D eigenvalue weighted by atomic mass is 32.1. The quantitative estimate of drug-likeness (QED) is 0.572. The zero-order chi connectivity index (χ0) is 18.9. The molecule has 0 spiro atoms. The van der Waals surface area contributed by atoms with Crippen LogP contribution < -0.4 is 0 Å². The van der Waals surface area contributed by atoms with Crippen LogP contribution in [0.1, 0.15) is 16.2 Å². The Hall–Kier alpha value is -3.04. The lowest BCUT2D eigenvalue weighted by atomic mass is 10.1. The smallest absolute Gasteiger partial charge is 0.256 e. The normalized spacial score (nSPS) is 15.4. The molecule has 1 aliphatic heterocycles. The van der Waals surface area contributed by atoms with Crippen molar-refractivity contribution in [1.29, 1.82) is 0 Å². The van der Waals surface area contributed by atoms with Gasteiger partial charge in [0.05, 0.1) is 28.7 Å². The molecule has 1 N–H and O–H groups in total. The highest BCUT2D eigenvalue weighted by Crippen LogP contribution is 2.22. The topological polar surface area (TPSA) is 91.2 Å². The zero-order valence-corrected chi connectivity index (χ0v) is 15.9.